The summed E-state index contributed by atoms with van der Waals surface area (Å²) in [4.78, 5) is 4.07. The molecule has 0 saturated heterocycles. The number of halogens is 2. The lowest BCUT2D eigenvalue weighted by Crippen LogP contribution is -1.82. The van der Waals surface area contributed by atoms with E-state index < -0.39 is 0 Å². The summed E-state index contributed by atoms with van der Waals surface area (Å²) in [5, 5.41) is 0.737. The SMILES string of the molecule is Clc1ccccc1-c1cnccc1Br. The Morgan fingerprint density at radius 2 is 1.86 bits per heavy atom. The van der Waals surface area contributed by atoms with E-state index in [4.69, 9.17) is 11.6 Å². The molecule has 0 amide bonds. The molecule has 0 radical (unpaired) electrons. The van der Waals surface area contributed by atoms with Crippen LogP contribution in [0.5, 0.6) is 0 Å². The van der Waals surface area contributed by atoms with Crippen molar-refractivity contribution in [1.82, 2.24) is 4.98 Å². The zero-order chi connectivity index (χ0) is 9.97. The van der Waals surface area contributed by atoms with Gasteiger partial charge in [-0.3, -0.25) is 4.98 Å². The zero-order valence-electron chi connectivity index (χ0n) is 7.24. The summed E-state index contributed by atoms with van der Waals surface area (Å²) < 4.78 is 1.00. The molecule has 3 heteroatoms. The molecular formula is C11H7BrClN. The fourth-order valence-corrected chi connectivity index (χ4v) is 1.93. The molecule has 2 aromatic rings. The van der Waals surface area contributed by atoms with E-state index in [1.165, 1.54) is 0 Å². The van der Waals surface area contributed by atoms with Crippen LogP contribution in [-0.2, 0) is 0 Å². The maximum Gasteiger partial charge on any atom is 0.0485 e. The maximum absolute atomic E-state index is 6.08. The molecule has 0 aliphatic heterocycles. The van der Waals surface area contributed by atoms with Crippen molar-refractivity contribution in [2.24, 2.45) is 0 Å². The van der Waals surface area contributed by atoms with Crippen LogP contribution in [0, 0.1) is 0 Å². The van der Waals surface area contributed by atoms with Crippen LogP contribution in [0.2, 0.25) is 5.02 Å². The molecule has 0 spiro atoms. The van der Waals surface area contributed by atoms with Crippen molar-refractivity contribution in [3.63, 3.8) is 0 Å². The first kappa shape index (κ1) is 9.69. The van der Waals surface area contributed by atoms with Gasteiger partial charge in [-0.15, -0.1) is 0 Å². The van der Waals surface area contributed by atoms with E-state index >= 15 is 0 Å². The number of rotatable bonds is 1. The summed E-state index contributed by atoms with van der Waals surface area (Å²) in [5.74, 6) is 0. The third kappa shape index (κ3) is 1.81. The third-order valence-electron chi connectivity index (χ3n) is 1.93. The average Bonchev–Trinajstić information content (AvgIpc) is 2.20. The van der Waals surface area contributed by atoms with Gasteiger partial charge in [-0.2, -0.15) is 0 Å². The van der Waals surface area contributed by atoms with Gasteiger partial charge < -0.3 is 0 Å². The van der Waals surface area contributed by atoms with Crippen molar-refractivity contribution >= 4 is 27.5 Å². The van der Waals surface area contributed by atoms with Crippen LogP contribution >= 0.6 is 27.5 Å². The minimum Gasteiger partial charge on any atom is -0.264 e. The number of benzene rings is 1. The van der Waals surface area contributed by atoms with Crippen LogP contribution in [0.15, 0.2) is 47.2 Å². The number of hydrogen-bond donors (Lipinski definition) is 0. The second kappa shape index (κ2) is 4.11. The lowest BCUT2D eigenvalue weighted by atomic mass is 10.1. The van der Waals surface area contributed by atoms with Gasteiger partial charge in [0.15, 0.2) is 0 Å². The van der Waals surface area contributed by atoms with Gasteiger partial charge in [0, 0.05) is 33.0 Å². The van der Waals surface area contributed by atoms with Gasteiger partial charge in [0.2, 0.25) is 0 Å². The quantitative estimate of drug-likeness (QED) is 0.756. The molecule has 1 nitrogen and oxygen atoms in total. The number of pyridine rings is 1. The molecule has 0 N–H and O–H groups in total. The van der Waals surface area contributed by atoms with Gasteiger partial charge in [-0.05, 0) is 12.1 Å². The summed E-state index contributed by atoms with van der Waals surface area (Å²) in [6.07, 6.45) is 3.54. The largest absolute Gasteiger partial charge is 0.264 e. The molecule has 0 fully saturated rings. The first-order valence-electron chi connectivity index (χ1n) is 4.13. The van der Waals surface area contributed by atoms with Crippen molar-refractivity contribution in [3.8, 4) is 11.1 Å². The van der Waals surface area contributed by atoms with E-state index in [0.29, 0.717) is 0 Å². The monoisotopic (exact) mass is 267 g/mol. The number of nitrogens with zero attached hydrogens (tertiary/aromatic N) is 1. The lowest BCUT2D eigenvalue weighted by Gasteiger charge is -2.05. The summed E-state index contributed by atoms with van der Waals surface area (Å²) in [6.45, 7) is 0. The molecule has 0 unspecified atom stereocenters. The first-order valence-corrected chi connectivity index (χ1v) is 5.30. The Balaban J connectivity index is 2.61. The minimum absolute atomic E-state index is 0.737. The highest BCUT2D eigenvalue weighted by Crippen LogP contribution is 2.32. The van der Waals surface area contributed by atoms with E-state index in [1.54, 1.807) is 12.4 Å². The van der Waals surface area contributed by atoms with E-state index in [0.717, 1.165) is 20.6 Å². The topological polar surface area (TPSA) is 12.9 Å². The predicted molar refractivity (Wildman–Crippen MR) is 62.4 cm³/mol. The molecule has 0 aliphatic rings. The van der Waals surface area contributed by atoms with E-state index in [-0.39, 0.29) is 0 Å². The fraction of sp³-hybridized carbons (Fsp3) is 0. The van der Waals surface area contributed by atoms with Crippen molar-refractivity contribution in [1.29, 1.82) is 0 Å². The van der Waals surface area contributed by atoms with Crippen molar-refractivity contribution < 1.29 is 0 Å². The molecule has 1 aromatic carbocycles. The number of hydrogen-bond acceptors (Lipinski definition) is 1. The smallest absolute Gasteiger partial charge is 0.0485 e. The van der Waals surface area contributed by atoms with E-state index in [2.05, 4.69) is 20.9 Å². The zero-order valence-corrected chi connectivity index (χ0v) is 9.59. The molecule has 0 saturated carbocycles. The molecule has 1 aromatic heterocycles. The fourth-order valence-electron chi connectivity index (χ4n) is 1.26. The molecule has 0 bridgehead atoms. The molecule has 2 rings (SSSR count). The molecular weight excluding hydrogens is 261 g/mol. The average molecular weight is 269 g/mol. The maximum atomic E-state index is 6.08. The first-order chi connectivity index (χ1) is 6.79. The molecule has 70 valence electrons. The van der Waals surface area contributed by atoms with Crippen molar-refractivity contribution in [3.05, 3.63) is 52.2 Å². The number of aromatic nitrogens is 1. The second-order valence-corrected chi connectivity index (χ2v) is 4.10. The Bertz CT molecular complexity index is 413. The molecule has 14 heavy (non-hydrogen) atoms. The minimum atomic E-state index is 0.737. The van der Waals surface area contributed by atoms with Gasteiger partial charge >= 0.3 is 0 Å². The van der Waals surface area contributed by atoms with Crippen LogP contribution in [0.4, 0.5) is 0 Å². The highest BCUT2D eigenvalue weighted by molar-refractivity contribution is 9.10. The molecule has 0 aliphatic carbocycles. The van der Waals surface area contributed by atoms with Crippen molar-refractivity contribution in [2.75, 3.05) is 0 Å². The summed E-state index contributed by atoms with van der Waals surface area (Å²) in [7, 11) is 0. The normalized spacial score (nSPS) is 10.1. The van der Waals surface area contributed by atoms with Crippen LogP contribution in [0.3, 0.4) is 0 Å². The van der Waals surface area contributed by atoms with Gasteiger partial charge in [0.1, 0.15) is 0 Å². The summed E-state index contributed by atoms with van der Waals surface area (Å²) in [5.41, 5.74) is 2.01. The van der Waals surface area contributed by atoms with Crippen LogP contribution in [-0.4, -0.2) is 4.98 Å². The van der Waals surface area contributed by atoms with Gasteiger partial charge in [0.05, 0.1) is 0 Å². The Kier molecular flexibility index (Phi) is 2.85. The Morgan fingerprint density at radius 1 is 1.07 bits per heavy atom. The van der Waals surface area contributed by atoms with E-state index in [1.807, 2.05) is 30.3 Å². The third-order valence-corrected chi connectivity index (χ3v) is 2.95. The van der Waals surface area contributed by atoms with Crippen LogP contribution in [0.1, 0.15) is 0 Å². The standard InChI is InChI=1S/C11H7BrClN/c12-10-5-6-14-7-9(10)8-3-1-2-4-11(8)13/h1-7H. The Hall–Kier alpha value is -0.860. The van der Waals surface area contributed by atoms with Crippen LogP contribution < -0.4 is 0 Å². The lowest BCUT2D eigenvalue weighted by molar-refractivity contribution is 1.32. The van der Waals surface area contributed by atoms with E-state index in [9.17, 15) is 0 Å². The van der Waals surface area contributed by atoms with Gasteiger partial charge in [-0.1, -0.05) is 45.7 Å². The van der Waals surface area contributed by atoms with Crippen LogP contribution in [0.25, 0.3) is 11.1 Å². The predicted octanol–water partition coefficient (Wildman–Crippen LogP) is 4.16. The van der Waals surface area contributed by atoms with Gasteiger partial charge in [0.25, 0.3) is 0 Å². The highest BCUT2D eigenvalue weighted by atomic mass is 79.9. The summed E-state index contributed by atoms with van der Waals surface area (Å²) >= 11 is 9.55. The Morgan fingerprint density at radius 3 is 2.57 bits per heavy atom. The molecule has 0 atom stereocenters. The second-order valence-electron chi connectivity index (χ2n) is 2.84. The molecule has 1 heterocycles. The highest BCUT2D eigenvalue weighted by Gasteiger charge is 2.05. The van der Waals surface area contributed by atoms with Crippen molar-refractivity contribution in [2.45, 2.75) is 0 Å². The van der Waals surface area contributed by atoms with Gasteiger partial charge in [-0.25, -0.2) is 0 Å². The Labute approximate surface area is 95.9 Å². The summed E-state index contributed by atoms with van der Waals surface area (Å²) in [6, 6.07) is 9.62.